The summed E-state index contributed by atoms with van der Waals surface area (Å²) in [4.78, 5) is 11.6. The van der Waals surface area contributed by atoms with Crippen LogP contribution in [0.1, 0.15) is 56.2 Å². The van der Waals surface area contributed by atoms with Gasteiger partial charge in [0.05, 0.1) is 6.10 Å². The molecule has 3 rings (SSSR count). The normalized spacial score (nSPS) is 15.2. The van der Waals surface area contributed by atoms with Gasteiger partial charge < -0.3 is 15.3 Å². The van der Waals surface area contributed by atoms with Gasteiger partial charge in [-0.1, -0.05) is 25.1 Å². The van der Waals surface area contributed by atoms with E-state index in [1.165, 1.54) is 11.1 Å². The highest BCUT2D eigenvalue weighted by atomic mass is 16.3. The Morgan fingerprint density at radius 1 is 1.16 bits per heavy atom. The Morgan fingerprint density at radius 3 is 2.64 bits per heavy atom. The first-order valence-electron chi connectivity index (χ1n) is 9.15. The first-order chi connectivity index (χ1) is 12.0. The Labute approximate surface area is 150 Å². The molecule has 25 heavy (non-hydrogen) atoms. The number of rotatable bonds is 5. The SMILES string of the molecule is CCc1cc(N2CCc3cc([C@@H](C)O)ccc3C2)nc(NC(C)C)n1. The van der Waals surface area contributed by atoms with Gasteiger partial charge >= 0.3 is 0 Å². The molecule has 1 aromatic heterocycles. The zero-order valence-corrected chi connectivity index (χ0v) is 15.6. The number of benzene rings is 1. The van der Waals surface area contributed by atoms with E-state index in [4.69, 9.17) is 4.98 Å². The first-order valence-corrected chi connectivity index (χ1v) is 9.15. The topological polar surface area (TPSA) is 61.3 Å². The minimum Gasteiger partial charge on any atom is -0.389 e. The van der Waals surface area contributed by atoms with Crippen LogP contribution >= 0.6 is 0 Å². The molecule has 2 aromatic rings. The number of aliphatic hydroxyl groups is 1. The lowest BCUT2D eigenvalue weighted by Crippen LogP contribution is -2.31. The van der Waals surface area contributed by atoms with Crippen LogP contribution in [0.3, 0.4) is 0 Å². The van der Waals surface area contributed by atoms with E-state index < -0.39 is 6.10 Å². The summed E-state index contributed by atoms with van der Waals surface area (Å²) in [5.74, 6) is 1.69. The van der Waals surface area contributed by atoms with Crippen molar-refractivity contribution in [3.8, 4) is 0 Å². The van der Waals surface area contributed by atoms with Crippen molar-refractivity contribution in [3.63, 3.8) is 0 Å². The molecule has 2 N–H and O–H groups in total. The second kappa shape index (κ2) is 7.40. The van der Waals surface area contributed by atoms with Gasteiger partial charge in [0.25, 0.3) is 0 Å². The Bertz CT molecular complexity index is 742. The maximum atomic E-state index is 9.78. The lowest BCUT2D eigenvalue weighted by molar-refractivity contribution is 0.199. The Morgan fingerprint density at radius 2 is 1.96 bits per heavy atom. The molecule has 0 unspecified atom stereocenters. The van der Waals surface area contributed by atoms with Crippen molar-refractivity contribution in [1.82, 2.24) is 9.97 Å². The monoisotopic (exact) mass is 340 g/mol. The van der Waals surface area contributed by atoms with E-state index in [-0.39, 0.29) is 0 Å². The van der Waals surface area contributed by atoms with Crippen LogP contribution in [-0.4, -0.2) is 27.7 Å². The Kier molecular flexibility index (Phi) is 5.23. The fourth-order valence-electron chi connectivity index (χ4n) is 3.18. The Hall–Kier alpha value is -2.14. The molecular weight excluding hydrogens is 312 g/mol. The fraction of sp³-hybridized carbons (Fsp3) is 0.500. The van der Waals surface area contributed by atoms with Crippen molar-refractivity contribution < 1.29 is 5.11 Å². The van der Waals surface area contributed by atoms with Gasteiger partial charge in [-0.05, 0) is 50.3 Å². The van der Waals surface area contributed by atoms with Gasteiger partial charge in [0.2, 0.25) is 5.95 Å². The maximum absolute atomic E-state index is 9.78. The van der Waals surface area contributed by atoms with Crippen molar-refractivity contribution in [2.75, 3.05) is 16.8 Å². The van der Waals surface area contributed by atoms with Crippen LogP contribution in [0.2, 0.25) is 0 Å². The molecule has 0 radical (unpaired) electrons. The largest absolute Gasteiger partial charge is 0.389 e. The van der Waals surface area contributed by atoms with Crippen LogP contribution in [-0.2, 0) is 19.4 Å². The molecule has 1 aliphatic heterocycles. The van der Waals surface area contributed by atoms with E-state index in [9.17, 15) is 5.11 Å². The smallest absolute Gasteiger partial charge is 0.225 e. The maximum Gasteiger partial charge on any atom is 0.225 e. The number of hydrogen-bond acceptors (Lipinski definition) is 5. The minimum atomic E-state index is -0.415. The summed E-state index contributed by atoms with van der Waals surface area (Å²) < 4.78 is 0. The van der Waals surface area contributed by atoms with E-state index in [1.807, 2.05) is 13.0 Å². The van der Waals surface area contributed by atoms with Crippen molar-refractivity contribution in [2.24, 2.45) is 0 Å². The van der Waals surface area contributed by atoms with Crippen LogP contribution in [0.25, 0.3) is 0 Å². The van der Waals surface area contributed by atoms with Crippen molar-refractivity contribution in [1.29, 1.82) is 0 Å². The summed E-state index contributed by atoms with van der Waals surface area (Å²) in [5, 5.41) is 13.1. The molecule has 0 aliphatic carbocycles. The standard InChI is InChI=1S/C20H28N4O/c1-5-18-11-19(23-20(22-18)21-13(2)3)24-9-8-16-10-15(14(4)25)6-7-17(16)12-24/h6-7,10-11,13-14,25H,5,8-9,12H2,1-4H3,(H,21,22,23)/t14-/m1/s1. The zero-order valence-electron chi connectivity index (χ0n) is 15.6. The van der Waals surface area contributed by atoms with Gasteiger partial charge in [-0.2, -0.15) is 4.98 Å². The summed E-state index contributed by atoms with van der Waals surface area (Å²) in [6.07, 6.45) is 1.45. The van der Waals surface area contributed by atoms with E-state index in [2.05, 4.69) is 54.2 Å². The summed E-state index contributed by atoms with van der Waals surface area (Å²) in [5.41, 5.74) is 4.69. The van der Waals surface area contributed by atoms with E-state index >= 15 is 0 Å². The molecule has 0 saturated heterocycles. The molecule has 0 fully saturated rings. The average molecular weight is 340 g/mol. The second-order valence-electron chi connectivity index (χ2n) is 7.07. The summed E-state index contributed by atoms with van der Waals surface area (Å²) in [6.45, 7) is 9.90. The van der Waals surface area contributed by atoms with Gasteiger partial charge in [-0.15, -0.1) is 0 Å². The molecule has 134 valence electrons. The predicted octanol–water partition coefficient (Wildman–Crippen LogP) is 3.48. The van der Waals surface area contributed by atoms with Gasteiger partial charge in [0.15, 0.2) is 0 Å². The number of aliphatic hydroxyl groups excluding tert-OH is 1. The Balaban J connectivity index is 1.86. The van der Waals surface area contributed by atoms with Gasteiger partial charge in [0, 0.05) is 30.9 Å². The van der Waals surface area contributed by atoms with Gasteiger partial charge in [-0.3, -0.25) is 0 Å². The van der Waals surface area contributed by atoms with Crippen LogP contribution < -0.4 is 10.2 Å². The molecule has 1 aromatic carbocycles. The average Bonchev–Trinajstić information content (AvgIpc) is 2.59. The zero-order chi connectivity index (χ0) is 18.0. The number of aromatic nitrogens is 2. The summed E-state index contributed by atoms with van der Waals surface area (Å²) >= 11 is 0. The highest BCUT2D eigenvalue weighted by Gasteiger charge is 2.19. The molecule has 0 spiro atoms. The summed E-state index contributed by atoms with van der Waals surface area (Å²) in [6, 6.07) is 8.71. The number of anilines is 2. The van der Waals surface area contributed by atoms with Crippen LogP contribution in [0, 0.1) is 0 Å². The molecule has 5 heteroatoms. The molecule has 1 aliphatic rings. The molecule has 0 bridgehead atoms. The lowest BCUT2D eigenvalue weighted by Gasteiger charge is -2.31. The van der Waals surface area contributed by atoms with Crippen LogP contribution in [0.5, 0.6) is 0 Å². The first kappa shape index (κ1) is 17.7. The highest BCUT2D eigenvalue weighted by molar-refractivity contribution is 5.49. The van der Waals surface area contributed by atoms with Crippen LogP contribution in [0.15, 0.2) is 24.3 Å². The second-order valence-corrected chi connectivity index (χ2v) is 7.07. The molecule has 0 amide bonds. The van der Waals surface area contributed by atoms with Crippen molar-refractivity contribution >= 4 is 11.8 Å². The van der Waals surface area contributed by atoms with Gasteiger partial charge in [-0.25, -0.2) is 4.98 Å². The van der Waals surface area contributed by atoms with Crippen molar-refractivity contribution in [2.45, 2.75) is 59.2 Å². The van der Waals surface area contributed by atoms with Crippen LogP contribution in [0.4, 0.5) is 11.8 Å². The molecule has 5 nitrogen and oxygen atoms in total. The fourth-order valence-corrected chi connectivity index (χ4v) is 3.18. The minimum absolute atomic E-state index is 0.306. The quantitative estimate of drug-likeness (QED) is 0.873. The van der Waals surface area contributed by atoms with E-state index in [0.717, 1.165) is 43.0 Å². The third kappa shape index (κ3) is 4.10. The van der Waals surface area contributed by atoms with E-state index in [0.29, 0.717) is 12.0 Å². The third-order valence-corrected chi connectivity index (χ3v) is 4.59. The molecule has 0 saturated carbocycles. The molecule has 1 atom stereocenters. The number of fused-ring (bicyclic) bond motifs is 1. The number of hydrogen-bond donors (Lipinski definition) is 2. The highest BCUT2D eigenvalue weighted by Crippen LogP contribution is 2.27. The van der Waals surface area contributed by atoms with E-state index in [1.54, 1.807) is 0 Å². The van der Waals surface area contributed by atoms with Crippen molar-refractivity contribution in [3.05, 3.63) is 46.6 Å². The molecule has 2 heterocycles. The summed E-state index contributed by atoms with van der Waals surface area (Å²) in [7, 11) is 0. The predicted molar refractivity (Wildman–Crippen MR) is 102 cm³/mol. The lowest BCUT2D eigenvalue weighted by atomic mass is 9.96. The van der Waals surface area contributed by atoms with Gasteiger partial charge in [0.1, 0.15) is 5.82 Å². The third-order valence-electron chi connectivity index (χ3n) is 4.59. The number of nitrogens with zero attached hydrogens (tertiary/aromatic N) is 3. The molecular formula is C20H28N4O. The number of aryl methyl sites for hydroxylation is 1. The number of nitrogens with one attached hydrogen (secondary N) is 1.